The van der Waals surface area contributed by atoms with E-state index in [1.165, 1.54) is 52.9 Å². The molecule has 8 nitrogen and oxygen atoms in total. The summed E-state index contributed by atoms with van der Waals surface area (Å²) < 4.78 is 0.673. The van der Waals surface area contributed by atoms with E-state index in [2.05, 4.69) is 39.9 Å². The minimum absolute atomic E-state index is 0.0226. The second-order valence-electron chi connectivity index (χ2n) is 5.69. The quantitative estimate of drug-likeness (QED) is 0.317. The largest absolute Gasteiger partial charge is 0.330 e. The minimum atomic E-state index is -0.485. The smallest absolute Gasteiger partial charge is 0.269 e. The molecule has 0 saturated carbocycles. The van der Waals surface area contributed by atoms with Crippen LogP contribution in [0.4, 0.5) is 22.2 Å². The van der Waals surface area contributed by atoms with Gasteiger partial charge in [-0.15, -0.1) is 10.2 Å². The lowest BCUT2D eigenvalue weighted by molar-refractivity contribution is -0.384. The molecule has 3 rings (SSSR count). The predicted molar refractivity (Wildman–Crippen MR) is 111 cm³/mol. The molecule has 0 atom stereocenters. The van der Waals surface area contributed by atoms with Gasteiger partial charge in [0.15, 0.2) is 4.34 Å². The highest BCUT2D eigenvalue weighted by molar-refractivity contribution is 8.01. The number of benzene rings is 2. The first-order valence-corrected chi connectivity index (χ1v) is 10.2. The Kier molecular flexibility index (Phi) is 6.56. The average molecular weight is 416 g/mol. The number of carbonyl (C=O) groups excluding carboxylic acids is 1. The van der Waals surface area contributed by atoms with Crippen molar-refractivity contribution < 1.29 is 9.72 Å². The number of non-ortho nitro benzene ring substituents is 1. The molecule has 2 aromatic carbocycles. The summed E-state index contributed by atoms with van der Waals surface area (Å²) in [7, 11) is 0. The van der Waals surface area contributed by atoms with Crippen molar-refractivity contribution in [1.82, 2.24) is 10.2 Å². The lowest BCUT2D eigenvalue weighted by Gasteiger charge is -2.03. The molecule has 0 saturated heterocycles. The van der Waals surface area contributed by atoms with Crippen LogP contribution in [0.3, 0.4) is 0 Å². The van der Waals surface area contributed by atoms with Gasteiger partial charge in [0.05, 0.1) is 10.7 Å². The van der Waals surface area contributed by atoms with Crippen LogP contribution in [0.25, 0.3) is 0 Å². The van der Waals surface area contributed by atoms with Crippen molar-refractivity contribution >= 4 is 51.2 Å². The number of nitro groups is 1. The van der Waals surface area contributed by atoms with Gasteiger partial charge in [0.2, 0.25) is 11.0 Å². The number of hydrogen-bond acceptors (Lipinski definition) is 8. The van der Waals surface area contributed by atoms with Gasteiger partial charge in [0.25, 0.3) is 5.69 Å². The standard InChI is InChI=1S/C18H17N5O3S2/c1-2-12-3-5-14(6-4-12)20-17-21-22-18(28-17)27-11-16(24)19-13-7-9-15(10-8-13)23(25)26/h3-10H,2,11H2,1H3,(H,19,24)(H,20,21). The number of aryl methyl sites for hydroxylation is 1. The summed E-state index contributed by atoms with van der Waals surface area (Å²) in [6.07, 6.45) is 0.988. The second-order valence-corrected chi connectivity index (χ2v) is 7.89. The molecule has 2 N–H and O–H groups in total. The van der Waals surface area contributed by atoms with E-state index in [-0.39, 0.29) is 17.3 Å². The third-order valence-electron chi connectivity index (χ3n) is 3.71. The maximum atomic E-state index is 12.0. The van der Waals surface area contributed by atoms with Gasteiger partial charge in [-0.2, -0.15) is 0 Å². The summed E-state index contributed by atoms with van der Waals surface area (Å²) in [6, 6.07) is 13.8. The zero-order valence-corrected chi connectivity index (χ0v) is 16.5. The van der Waals surface area contributed by atoms with Crippen molar-refractivity contribution in [3.8, 4) is 0 Å². The van der Waals surface area contributed by atoms with E-state index in [9.17, 15) is 14.9 Å². The van der Waals surface area contributed by atoms with Gasteiger partial charge in [-0.3, -0.25) is 14.9 Å². The average Bonchev–Trinajstić information content (AvgIpc) is 3.15. The van der Waals surface area contributed by atoms with Crippen LogP contribution in [0.15, 0.2) is 52.9 Å². The molecule has 0 unspecified atom stereocenters. The zero-order valence-electron chi connectivity index (χ0n) is 14.9. The summed E-state index contributed by atoms with van der Waals surface area (Å²) in [6.45, 7) is 2.11. The molecule has 0 radical (unpaired) electrons. The van der Waals surface area contributed by atoms with Crippen molar-refractivity contribution in [2.45, 2.75) is 17.7 Å². The van der Waals surface area contributed by atoms with E-state index in [0.717, 1.165) is 12.1 Å². The van der Waals surface area contributed by atoms with Crippen LogP contribution in [0, 0.1) is 10.1 Å². The molecule has 3 aromatic rings. The van der Waals surface area contributed by atoms with Crippen LogP contribution in [0.1, 0.15) is 12.5 Å². The Labute approximate surface area is 169 Å². The van der Waals surface area contributed by atoms with Crippen LogP contribution in [-0.4, -0.2) is 26.8 Å². The molecule has 0 aliphatic rings. The van der Waals surface area contributed by atoms with E-state index < -0.39 is 4.92 Å². The normalized spacial score (nSPS) is 10.5. The van der Waals surface area contributed by atoms with E-state index in [1.807, 2.05) is 12.1 Å². The SMILES string of the molecule is CCc1ccc(Nc2nnc(SCC(=O)Nc3ccc([N+](=O)[O-])cc3)s2)cc1. The molecule has 0 aliphatic carbocycles. The summed E-state index contributed by atoms with van der Waals surface area (Å²) in [5, 5.41) is 25.3. The minimum Gasteiger partial charge on any atom is -0.330 e. The van der Waals surface area contributed by atoms with Crippen molar-refractivity contribution in [1.29, 1.82) is 0 Å². The third kappa shape index (κ3) is 5.51. The van der Waals surface area contributed by atoms with Crippen LogP contribution >= 0.6 is 23.1 Å². The lowest BCUT2D eigenvalue weighted by atomic mass is 10.1. The van der Waals surface area contributed by atoms with Crippen LogP contribution in [0.5, 0.6) is 0 Å². The maximum absolute atomic E-state index is 12.0. The zero-order chi connectivity index (χ0) is 19.9. The molecular formula is C18H17N5O3S2. The molecule has 28 heavy (non-hydrogen) atoms. The number of anilines is 3. The molecule has 144 valence electrons. The number of carbonyl (C=O) groups is 1. The fourth-order valence-corrected chi connectivity index (χ4v) is 3.83. The van der Waals surface area contributed by atoms with Crippen molar-refractivity contribution in [2.24, 2.45) is 0 Å². The number of aromatic nitrogens is 2. The van der Waals surface area contributed by atoms with E-state index in [1.54, 1.807) is 0 Å². The summed E-state index contributed by atoms with van der Waals surface area (Å²) in [4.78, 5) is 22.2. The Morgan fingerprint density at radius 1 is 1.11 bits per heavy atom. The molecule has 0 fully saturated rings. The Hall–Kier alpha value is -2.98. The number of rotatable bonds is 8. The lowest BCUT2D eigenvalue weighted by Crippen LogP contribution is -2.13. The van der Waals surface area contributed by atoms with E-state index in [0.29, 0.717) is 15.2 Å². The first kappa shape index (κ1) is 19.8. The van der Waals surface area contributed by atoms with E-state index in [4.69, 9.17) is 0 Å². The summed E-state index contributed by atoms with van der Waals surface area (Å²) >= 11 is 2.64. The Morgan fingerprint density at radius 2 is 1.79 bits per heavy atom. The van der Waals surface area contributed by atoms with Gasteiger partial charge >= 0.3 is 0 Å². The molecular weight excluding hydrogens is 398 g/mol. The molecule has 1 aromatic heterocycles. The van der Waals surface area contributed by atoms with Gasteiger partial charge in [-0.25, -0.2) is 0 Å². The summed E-state index contributed by atoms with van der Waals surface area (Å²) in [5.74, 6) is -0.0599. The van der Waals surface area contributed by atoms with Crippen LogP contribution in [-0.2, 0) is 11.2 Å². The highest BCUT2D eigenvalue weighted by Crippen LogP contribution is 2.28. The number of nitrogens with one attached hydrogen (secondary N) is 2. The Morgan fingerprint density at radius 3 is 2.43 bits per heavy atom. The van der Waals surface area contributed by atoms with Gasteiger partial charge in [-0.1, -0.05) is 42.2 Å². The maximum Gasteiger partial charge on any atom is 0.269 e. The third-order valence-corrected chi connectivity index (χ3v) is 5.68. The number of thioether (sulfide) groups is 1. The monoisotopic (exact) mass is 415 g/mol. The topological polar surface area (TPSA) is 110 Å². The second kappa shape index (κ2) is 9.29. The molecule has 10 heteroatoms. The summed E-state index contributed by atoms with van der Waals surface area (Å²) in [5.41, 5.74) is 2.68. The Bertz CT molecular complexity index is 958. The molecule has 0 bridgehead atoms. The van der Waals surface area contributed by atoms with Crippen LogP contribution < -0.4 is 10.6 Å². The fraction of sp³-hybridized carbons (Fsp3) is 0.167. The van der Waals surface area contributed by atoms with Gasteiger partial charge < -0.3 is 10.6 Å². The predicted octanol–water partition coefficient (Wildman–Crippen LogP) is 4.48. The van der Waals surface area contributed by atoms with Crippen LogP contribution in [0.2, 0.25) is 0 Å². The first-order valence-electron chi connectivity index (χ1n) is 8.40. The van der Waals surface area contributed by atoms with Crippen molar-refractivity contribution in [2.75, 3.05) is 16.4 Å². The highest BCUT2D eigenvalue weighted by Gasteiger charge is 2.10. The number of nitro benzene ring substituents is 1. The highest BCUT2D eigenvalue weighted by atomic mass is 32.2. The van der Waals surface area contributed by atoms with Gasteiger partial charge in [0, 0.05) is 23.5 Å². The molecule has 1 amide bonds. The number of hydrogen-bond donors (Lipinski definition) is 2. The first-order chi connectivity index (χ1) is 13.5. The molecule has 0 aliphatic heterocycles. The molecule has 1 heterocycles. The molecule has 0 spiro atoms. The van der Waals surface area contributed by atoms with Gasteiger partial charge in [-0.05, 0) is 36.2 Å². The number of nitrogens with zero attached hydrogens (tertiary/aromatic N) is 3. The van der Waals surface area contributed by atoms with Crippen molar-refractivity contribution in [3.05, 3.63) is 64.2 Å². The fourth-order valence-electron chi connectivity index (χ4n) is 2.26. The van der Waals surface area contributed by atoms with E-state index >= 15 is 0 Å². The Balaban J connectivity index is 1.49. The van der Waals surface area contributed by atoms with Crippen molar-refractivity contribution in [3.63, 3.8) is 0 Å². The number of amides is 1. The van der Waals surface area contributed by atoms with Gasteiger partial charge in [0.1, 0.15) is 0 Å².